The van der Waals surface area contributed by atoms with Crippen LogP contribution in [0.15, 0.2) is 48.5 Å². The molecule has 3 N–H and O–H groups in total. The van der Waals surface area contributed by atoms with Crippen molar-refractivity contribution in [1.29, 1.82) is 0 Å². The highest BCUT2D eigenvalue weighted by molar-refractivity contribution is 5.96. The third-order valence-corrected chi connectivity index (χ3v) is 4.54. The minimum Gasteiger partial charge on any atom is -0.393 e. The van der Waals surface area contributed by atoms with E-state index < -0.39 is 4.92 Å². The van der Waals surface area contributed by atoms with E-state index in [1.165, 1.54) is 6.07 Å². The largest absolute Gasteiger partial charge is 0.393 e. The molecular formula is C19H21N3O4. The summed E-state index contributed by atoms with van der Waals surface area (Å²) in [5.74, 6) is -0.333. The van der Waals surface area contributed by atoms with Gasteiger partial charge in [-0.05, 0) is 49.9 Å². The Morgan fingerprint density at radius 2 is 1.77 bits per heavy atom. The molecule has 0 aromatic heterocycles. The number of anilines is 2. The summed E-state index contributed by atoms with van der Waals surface area (Å²) in [5.41, 5.74) is 1.16. The zero-order valence-electron chi connectivity index (χ0n) is 14.2. The van der Waals surface area contributed by atoms with E-state index in [4.69, 9.17) is 0 Å². The lowest BCUT2D eigenvalue weighted by Gasteiger charge is -2.26. The fourth-order valence-electron chi connectivity index (χ4n) is 3.10. The zero-order chi connectivity index (χ0) is 18.5. The van der Waals surface area contributed by atoms with Crippen molar-refractivity contribution >= 4 is 23.0 Å². The van der Waals surface area contributed by atoms with Crippen molar-refractivity contribution in [2.45, 2.75) is 37.8 Å². The van der Waals surface area contributed by atoms with Gasteiger partial charge in [0.1, 0.15) is 5.69 Å². The smallest absolute Gasteiger partial charge is 0.293 e. The summed E-state index contributed by atoms with van der Waals surface area (Å²) in [6.07, 6.45) is 2.44. The monoisotopic (exact) mass is 355 g/mol. The zero-order valence-corrected chi connectivity index (χ0v) is 14.2. The summed E-state index contributed by atoms with van der Waals surface area (Å²) >= 11 is 0. The van der Waals surface area contributed by atoms with E-state index in [0.717, 1.165) is 5.69 Å². The lowest BCUT2D eigenvalue weighted by molar-refractivity contribution is -0.383. The standard InChI is InChI=1S/C19H21N3O4/c23-16-9-7-15(8-10-16)21-19(24)13-6-11-17(18(12-13)22(25)26)20-14-4-2-1-3-5-14/h1-6,11-12,15-16,20,23H,7-10H2,(H,21,24). The Balaban J connectivity index is 1.75. The van der Waals surface area contributed by atoms with E-state index in [0.29, 0.717) is 31.4 Å². The van der Waals surface area contributed by atoms with Crippen molar-refractivity contribution in [2.75, 3.05) is 5.32 Å². The molecule has 0 spiro atoms. The molecule has 136 valence electrons. The van der Waals surface area contributed by atoms with Crippen LogP contribution in [0, 0.1) is 10.1 Å². The van der Waals surface area contributed by atoms with Crippen LogP contribution in [-0.2, 0) is 0 Å². The fourth-order valence-corrected chi connectivity index (χ4v) is 3.10. The van der Waals surface area contributed by atoms with Crippen LogP contribution >= 0.6 is 0 Å². The third-order valence-electron chi connectivity index (χ3n) is 4.54. The first kappa shape index (κ1) is 17.9. The summed E-state index contributed by atoms with van der Waals surface area (Å²) in [7, 11) is 0. The Hall–Kier alpha value is -2.93. The van der Waals surface area contributed by atoms with Gasteiger partial charge in [-0.25, -0.2) is 0 Å². The molecule has 0 saturated heterocycles. The summed E-state index contributed by atoms with van der Waals surface area (Å²) in [6.45, 7) is 0. The van der Waals surface area contributed by atoms with Gasteiger partial charge in [0.05, 0.1) is 11.0 Å². The number of benzene rings is 2. The van der Waals surface area contributed by atoms with Crippen LogP contribution in [0.1, 0.15) is 36.0 Å². The molecule has 1 aliphatic rings. The summed E-state index contributed by atoms with van der Waals surface area (Å²) in [5, 5.41) is 26.9. The first-order valence-electron chi connectivity index (χ1n) is 8.62. The number of hydrogen-bond donors (Lipinski definition) is 3. The van der Waals surface area contributed by atoms with Crippen LogP contribution < -0.4 is 10.6 Å². The summed E-state index contributed by atoms with van der Waals surface area (Å²) in [4.78, 5) is 23.3. The molecule has 0 bridgehead atoms. The Morgan fingerprint density at radius 1 is 1.08 bits per heavy atom. The van der Waals surface area contributed by atoms with Crippen molar-refractivity contribution in [3.05, 3.63) is 64.2 Å². The summed E-state index contributed by atoms with van der Waals surface area (Å²) in [6, 6.07) is 13.5. The maximum absolute atomic E-state index is 12.4. The normalized spacial score (nSPS) is 19.6. The molecule has 0 heterocycles. The second-order valence-corrected chi connectivity index (χ2v) is 6.46. The number of aliphatic hydroxyl groups is 1. The number of nitro benzene ring substituents is 1. The number of nitrogens with zero attached hydrogens (tertiary/aromatic N) is 1. The molecule has 2 aromatic rings. The first-order chi connectivity index (χ1) is 12.5. The number of nitrogens with one attached hydrogen (secondary N) is 2. The molecule has 7 nitrogen and oxygen atoms in total. The predicted molar refractivity (Wildman–Crippen MR) is 98.6 cm³/mol. The Bertz CT molecular complexity index is 787. The van der Waals surface area contributed by atoms with Crippen molar-refractivity contribution in [2.24, 2.45) is 0 Å². The second-order valence-electron chi connectivity index (χ2n) is 6.46. The molecule has 1 aliphatic carbocycles. The highest BCUT2D eigenvalue weighted by atomic mass is 16.6. The molecule has 7 heteroatoms. The number of nitro groups is 1. The number of hydrogen-bond acceptors (Lipinski definition) is 5. The van der Waals surface area contributed by atoms with Crippen LogP contribution in [-0.4, -0.2) is 28.1 Å². The number of rotatable bonds is 5. The van der Waals surface area contributed by atoms with E-state index in [1.54, 1.807) is 12.1 Å². The van der Waals surface area contributed by atoms with Gasteiger partial charge in [-0.3, -0.25) is 14.9 Å². The van der Waals surface area contributed by atoms with Crippen molar-refractivity contribution in [3.63, 3.8) is 0 Å². The van der Waals surface area contributed by atoms with Crippen molar-refractivity contribution in [1.82, 2.24) is 5.32 Å². The topological polar surface area (TPSA) is 104 Å². The van der Waals surface area contributed by atoms with E-state index in [-0.39, 0.29) is 29.3 Å². The Labute approximate surface area is 151 Å². The second kappa shape index (κ2) is 7.97. The molecule has 0 atom stereocenters. The van der Waals surface area contributed by atoms with Crippen LogP contribution in [0.3, 0.4) is 0 Å². The van der Waals surface area contributed by atoms with Crippen LogP contribution in [0.4, 0.5) is 17.1 Å². The molecule has 0 aliphatic heterocycles. The lowest BCUT2D eigenvalue weighted by atomic mass is 9.93. The van der Waals surface area contributed by atoms with Gasteiger partial charge in [-0.1, -0.05) is 18.2 Å². The number of aliphatic hydroxyl groups excluding tert-OH is 1. The SMILES string of the molecule is O=C(NC1CCC(O)CC1)c1ccc(Nc2ccccc2)c([N+](=O)[O-])c1. The van der Waals surface area contributed by atoms with Gasteiger partial charge in [-0.15, -0.1) is 0 Å². The van der Waals surface area contributed by atoms with Gasteiger partial charge in [-0.2, -0.15) is 0 Å². The fraction of sp³-hybridized carbons (Fsp3) is 0.316. The summed E-state index contributed by atoms with van der Waals surface area (Å²) < 4.78 is 0. The molecule has 1 saturated carbocycles. The van der Waals surface area contributed by atoms with Gasteiger partial charge in [0.25, 0.3) is 11.6 Å². The molecular weight excluding hydrogens is 334 g/mol. The van der Waals surface area contributed by atoms with Crippen LogP contribution in [0.5, 0.6) is 0 Å². The Morgan fingerprint density at radius 3 is 2.42 bits per heavy atom. The van der Waals surface area contributed by atoms with Gasteiger partial charge in [0.15, 0.2) is 0 Å². The molecule has 0 radical (unpaired) electrons. The molecule has 3 rings (SSSR count). The molecule has 1 amide bonds. The third kappa shape index (κ3) is 4.37. The number of para-hydroxylation sites is 1. The molecule has 0 unspecified atom stereocenters. The predicted octanol–water partition coefficient (Wildman–Crippen LogP) is 3.37. The van der Waals surface area contributed by atoms with Crippen LogP contribution in [0.2, 0.25) is 0 Å². The molecule has 26 heavy (non-hydrogen) atoms. The van der Waals surface area contributed by atoms with E-state index in [2.05, 4.69) is 10.6 Å². The average molecular weight is 355 g/mol. The van der Waals surface area contributed by atoms with E-state index in [1.807, 2.05) is 30.3 Å². The first-order valence-corrected chi connectivity index (χ1v) is 8.62. The highest BCUT2D eigenvalue weighted by Crippen LogP contribution is 2.29. The number of carbonyl (C=O) groups is 1. The van der Waals surface area contributed by atoms with E-state index in [9.17, 15) is 20.0 Å². The van der Waals surface area contributed by atoms with Crippen molar-refractivity contribution in [3.8, 4) is 0 Å². The maximum Gasteiger partial charge on any atom is 0.293 e. The molecule has 1 fully saturated rings. The highest BCUT2D eigenvalue weighted by Gasteiger charge is 2.23. The quantitative estimate of drug-likeness (QED) is 0.563. The lowest BCUT2D eigenvalue weighted by Crippen LogP contribution is -2.38. The van der Waals surface area contributed by atoms with Gasteiger partial charge < -0.3 is 15.7 Å². The molecule has 2 aromatic carbocycles. The van der Waals surface area contributed by atoms with Crippen molar-refractivity contribution < 1.29 is 14.8 Å². The van der Waals surface area contributed by atoms with Gasteiger partial charge >= 0.3 is 0 Å². The Kier molecular flexibility index (Phi) is 5.48. The maximum atomic E-state index is 12.4. The minimum atomic E-state index is -0.501. The average Bonchev–Trinajstić information content (AvgIpc) is 2.64. The van der Waals surface area contributed by atoms with Crippen LogP contribution in [0.25, 0.3) is 0 Å². The number of carbonyl (C=O) groups excluding carboxylic acids is 1. The van der Waals surface area contributed by atoms with Gasteiger partial charge in [0, 0.05) is 23.4 Å². The number of amides is 1. The van der Waals surface area contributed by atoms with Gasteiger partial charge in [0.2, 0.25) is 0 Å². The van der Waals surface area contributed by atoms with E-state index >= 15 is 0 Å². The minimum absolute atomic E-state index is 0.00734.